The summed E-state index contributed by atoms with van der Waals surface area (Å²) in [4.78, 5) is 7.53. The van der Waals surface area contributed by atoms with E-state index in [4.69, 9.17) is 11.6 Å². The number of aryl methyl sites for hydroxylation is 1. The second-order valence-electron chi connectivity index (χ2n) is 4.79. The van der Waals surface area contributed by atoms with E-state index >= 15 is 0 Å². The first-order valence-corrected chi connectivity index (χ1v) is 7.25. The standard InChI is InChI=1S/C15H19ClFN3/c1-2-3-7-14-19-13(15(16)20-14)10-18-9-11-5-4-6-12(17)8-11/h4-6,8,18H,2-3,7,9-10H2,1H3,(H,19,20). The number of H-pyrrole nitrogens is 1. The monoisotopic (exact) mass is 295 g/mol. The highest BCUT2D eigenvalue weighted by Gasteiger charge is 2.07. The highest BCUT2D eigenvalue weighted by Crippen LogP contribution is 2.14. The van der Waals surface area contributed by atoms with Gasteiger partial charge in [-0.3, -0.25) is 0 Å². The maximum atomic E-state index is 13.0. The third-order valence-corrected chi connectivity index (χ3v) is 3.38. The number of halogens is 2. The minimum Gasteiger partial charge on any atom is -0.344 e. The van der Waals surface area contributed by atoms with Gasteiger partial charge < -0.3 is 10.3 Å². The van der Waals surface area contributed by atoms with E-state index in [9.17, 15) is 4.39 Å². The third kappa shape index (κ3) is 4.32. The lowest BCUT2D eigenvalue weighted by atomic mass is 10.2. The highest BCUT2D eigenvalue weighted by atomic mass is 35.5. The molecule has 5 heteroatoms. The van der Waals surface area contributed by atoms with Crippen molar-refractivity contribution in [2.45, 2.75) is 39.3 Å². The zero-order chi connectivity index (χ0) is 14.4. The Morgan fingerprint density at radius 3 is 2.95 bits per heavy atom. The van der Waals surface area contributed by atoms with Gasteiger partial charge in [0.25, 0.3) is 0 Å². The first-order chi connectivity index (χ1) is 9.69. The predicted molar refractivity (Wildman–Crippen MR) is 79.2 cm³/mol. The zero-order valence-corrected chi connectivity index (χ0v) is 12.3. The number of rotatable bonds is 7. The van der Waals surface area contributed by atoms with Crippen molar-refractivity contribution in [3.8, 4) is 0 Å². The van der Waals surface area contributed by atoms with Crippen LogP contribution in [0.5, 0.6) is 0 Å². The molecule has 0 saturated carbocycles. The molecule has 108 valence electrons. The molecule has 0 spiro atoms. The lowest BCUT2D eigenvalue weighted by Crippen LogP contribution is -2.13. The Hall–Kier alpha value is -1.39. The van der Waals surface area contributed by atoms with Crippen LogP contribution in [0.15, 0.2) is 24.3 Å². The van der Waals surface area contributed by atoms with Crippen molar-refractivity contribution in [3.05, 3.63) is 52.3 Å². The summed E-state index contributed by atoms with van der Waals surface area (Å²) in [5.74, 6) is 0.713. The van der Waals surface area contributed by atoms with Gasteiger partial charge in [0.15, 0.2) is 5.15 Å². The van der Waals surface area contributed by atoms with Crippen LogP contribution < -0.4 is 5.32 Å². The molecule has 0 aliphatic rings. The van der Waals surface area contributed by atoms with Crippen LogP contribution in [0.25, 0.3) is 0 Å². The van der Waals surface area contributed by atoms with Crippen LogP contribution >= 0.6 is 11.6 Å². The number of nitrogens with zero attached hydrogens (tertiary/aromatic N) is 1. The second-order valence-corrected chi connectivity index (χ2v) is 5.15. The highest BCUT2D eigenvalue weighted by molar-refractivity contribution is 6.30. The Labute approximate surface area is 123 Å². The largest absolute Gasteiger partial charge is 0.344 e. The molecule has 0 atom stereocenters. The van der Waals surface area contributed by atoms with E-state index in [2.05, 4.69) is 22.2 Å². The molecule has 0 amide bonds. The summed E-state index contributed by atoms with van der Waals surface area (Å²) in [5.41, 5.74) is 1.79. The first kappa shape index (κ1) is 15.0. The molecule has 1 aromatic carbocycles. The van der Waals surface area contributed by atoms with E-state index in [1.807, 2.05) is 6.07 Å². The number of hydrogen-bond acceptors (Lipinski definition) is 2. The molecular formula is C15H19ClFN3. The van der Waals surface area contributed by atoms with Gasteiger partial charge in [0.2, 0.25) is 0 Å². The van der Waals surface area contributed by atoms with Crippen LogP contribution in [-0.2, 0) is 19.5 Å². The Morgan fingerprint density at radius 1 is 1.35 bits per heavy atom. The lowest BCUT2D eigenvalue weighted by molar-refractivity contribution is 0.619. The van der Waals surface area contributed by atoms with Crippen LogP contribution in [-0.4, -0.2) is 9.97 Å². The summed E-state index contributed by atoms with van der Waals surface area (Å²) in [6, 6.07) is 6.55. The Morgan fingerprint density at radius 2 is 2.20 bits per heavy atom. The van der Waals surface area contributed by atoms with Gasteiger partial charge in [0.05, 0.1) is 5.69 Å². The van der Waals surface area contributed by atoms with Crippen LogP contribution in [0.4, 0.5) is 4.39 Å². The fourth-order valence-electron chi connectivity index (χ4n) is 2.00. The molecule has 0 fully saturated rings. The Kier molecular flexibility index (Phi) is 5.56. The summed E-state index contributed by atoms with van der Waals surface area (Å²) < 4.78 is 13.0. The van der Waals surface area contributed by atoms with Crippen molar-refractivity contribution in [2.75, 3.05) is 0 Å². The molecule has 0 radical (unpaired) electrons. The molecule has 1 heterocycles. The van der Waals surface area contributed by atoms with E-state index < -0.39 is 0 Å². The summed E-state index contributed by atoms with van der Waals surface area (Å²) in [5, 5.41) is 3.75. The molecule has 0 saturated heterocycles. The fourth-order valence-corrected chi connectivity index (χ4v) is 2.21. The minimum absolute atomic E-state index is 0.217. The maximum absolute atomic E-state index is 13.0. The van der Waals surface area contributed by atoms with Gasteiger partial charge in [-0.05, 0) is 24.1 Å². The Balaban J connectivity index is 1.86. The predicted octanol–water partition coefficient (Wildman–Crippen LogP) is 3.83. The first-order valence-electron chi connectivity index (χ1n) is 6.87. The molecule has 3 nitrogen and oxygen atoms in total. The van der Waals surface area contributed by atoms with Crippen LogP contribution in [0.1, 0.15) is 36.8 Å². The molecule has 2 rings (SSSR count). The molecule has 20 heavy (non-hydrogen) atoms. The number of unbranched alkanes of at least 4 members (excludes halogenated alkanes) is 1. The molecule has 0 bridgehead atoms. The molecular weight excluding hydrogens is 277 g/mol. The normalized spacial score (nSPS) is 10.9. The van der Waals surface area contributed by atoms with Crippen LogP contribution in [0.2, 0.25) is 5.15 Å². The molecule has 2 N–H and O–H groups in total. The number of aromatic nitrogens is 2. The van der Waals surface area contributed by atoms with E-state index in [-0.39, 0.29) is 5.82 Å². The Bertz CT molecular complexity index is 554. The average Bonchev–Trinajstić information content (AvgIpc) is 2.77. The lowest BCUT2D eigenvalue weighted by Gasteiger charge is -2.04. The van der Waals surface area contributed by atoms with E-state index in [0.717, 1.165) is 36.3 Å². The third-order valence-electron chi connectivity index (χ3n) is 3.06. The smallest absolute Gasteiger partial charge is 0.151 e. The topological polar surface area (TPSA) is 40.7 Å². The van der Waals surface area contributed by atoms with E-state index in [1.165, 1.54) is 12.1 Å². The molecule has 0 aliphatic carbocycles. The van der Waals surface area contributed by atoms with Gasteiger partial charge in [-0.15, -0.1) is 0 Å². The number of nitrogens with one attached hydrogen (secondary N) is 2. The van der Waals surface area contributed by atoms with Gasteiger partial charge >= 0.3 is 0 Å². The van der Waals surface area contributed by atoms with Gasteiger partial charge in [0.1, 0.15) is 11.6 Å². The van der Waals surface area contributed by atoms with E-state index in [0.29, 0.717) is 18.2 Å². The summed E-state index contributed by atoms with van der Waals surface area (Å²) >= 11 is 6.09. The summed E-state index contributed by atoms with van der Waals surface area (Å²) in [7, 11) is 0. The zero-order valence-electron chi connectivity index (χ0n) is 11.5. The van der Waals surface area contributed by atoms with Crippen molar-refractivity contribution >= 4 is 11.6 Å². The van der Waals surface area contributed by atoms with Crippen molar-refractivity contribution in [2.24, 2.45) is 0 Å². The quantitative estimate of drug-likeness (QED) is 0.815. The van der Waals surface area contributed by atoms with Gasteiger partial charge in [0, 0.05) is 19.5 Å². The van der Waals surface area contributed by atoms with Crippen molar-refractivity contribution in [1.82, 2.24) is 15.3 Å². The van der Waals surface area contributed by atoms with Crippen molar-refractivity contribution in [1.29, 1.82) is 0 Å². The molecule has 0 unspecified atom stereocenters. The van der Waals surface area contributed by atoms with Crippen LogP contribution in [0.3, 0.4) is 0 Å². The van der Waals surface area contributed by atoms with Gasteiger partial charge in [-0.2, -0.15) is 0 Å². The minimum atomic E-state index is -0.217. The van der Waals surface area contributed by atoms with Crippen molar-refractivity contribution < 1.29 is 4.39 Å². The number of aromatic amines is 1. The van der Waals surface area contributed by atoms with Gasteiger partial charge in [-0.25, -0.2) is 9.37 Å². The average molecular weight is 296 g/mol. The number of imidazole rings is 1. The molecule has 2 aromatic rings. The van der Waals surface area contributed by atoms with Crippen molar-refractivity contribution in [3.63, 3.8) is 0 Å². The fraction of sp³-hybridized carbons (Fsp3) is 0.400. The second kappa shape index (κ2) is 7.41. The molecule has 1 aromatic heterocycles. The van der Waals surface area contributed by atoms with E-state index in [1.54, 1.807) is 6.07 Å². The summed E-state index contributed by atoms with van der Waals surface area (Å²) in [6.07, 6.45) is 3.14. The van der Waals surface area contributed by atoms with Crippen LogP contribution in [0, 0.1) is 5.82 Å². The number of hydrogen-bond donors (Lipinski definition) is 2. The molecule has 0 aliphatic heterocycles. The SMILES string of the molecule is CCCCc1nc(Cl)c(CNCc2cccc(F)c2)[nH]1. The maximum Gasteiger partial charge on any atom is 0.151 e. The summed E-state index contributed by atoms with van der Waals surface area (Å²) in [6.45, 7) is 3.33. The van der Waals surface area contributed by atoms with Gasteiger partial charge in [-0.1, -0.05) is 37.1 Å². The number of benzene rings is 1.